The highest BCUT2D eigenvalue weighted by Crippen LogP contribution is 2.32. The minimum Gasteiger partial charge on any atom is -0.346 e. The summed E-state index contributed by atoms with van der Waals surface area (Å²) in [5.74, 6) is -1.09. The molecule has 0 aliphatic heterocycles. The Bertz CT molecular complexity index is 992. The van der Waals surface area contributed by atoms with Crippen molar-refractivity contribution in [3.63, 3.8) is 0 Å². The molecule has 1 N–H and O–H groups in total. The molecule has 0 aliphatic carbocycles. The Labute approximate surface area is 165 Å². The van der Waals surface area contributed by atoms with E-state index in [9.17, 15) is 18.0 Å². The van der Waals surface area contributed by atoms with E-state index in [1.54, 1.807) is 30.3 Å². The summed E-state index contributed by atoms with van der Waals surface area (Å²) in [6, 6.07) is 14.9. The van der Waals surface area contributed by atoms with Crippen molar-refractivity contribution in [1.82, 2.24) is 10.3 Å². The first kappa shape index (κ1) is 20.1. The van der Waals surface area contributed by atoms with Gasteiger partial charge in [0.25, 0.3) is 5.91 Å². The van der Waals surface area contributed by atoms with Crippen LogP contribution in [-0.4, -0.2) is 21.8 Å². The van der Waals surface area contributed by atoms with Crippen molar-refractivity contribution >= 4 is 28.4 Å². The maximum Gasteiger partial charge on any atom is 0.323 e. The van der Waals surface area contributed by atoms with E-state index in [2.05, 4.69) is 10.3 Å². The van der Waals surface area contributed by atoms with Crippen LogP contribution in [0.4, 0.5) is 13.2 Å². The van der Waals surface area contributed by atoms with E-state index < -0.39 is 29.1 Å². The van der Waals surface area contributed by atoms with Gasteiger partial charge in [0.15, 0.2) is 0 Å². The Kier molecular flexibility index (Phi) is 5.61. The summed E-state index contributed by atoms with van der Waals surface area (Å²) in [4.78, 5) is 16.7. The van der Waals surface area contributed by atoms with Crippen LogP contribution >= 0.6 is 11.6 Å². The molecule has 1 unspecified atom stereocenters. The van der Waals surface area contributed by atoms with Gasteiger partial charge in [-0.15, -0.1) is 0 Å². The van der Waals surface area contributed by atoms with Gasteiger partial charge < -0.3 is 5.32 Å². The molecule has 0 saturated carbocycles. The minimum absolute atomic E-state index is 0.137. The number of carbonyl (C=O) groups is 1. The Morgan fingerprint density at radius 2 is 1.86 bits per heavy atom. The first-order chi connectivity index (χ1) is 13.2. The summed E-state index contributed by atoms with van der Waals surface area (Å²) in [5.41, 5.74) is -0.237. The smallest absolute Gasteiger partial charge is 0.323 e. The molecule has 2 aromatic carbocycles. The third-order valence-corrected chi connectivity index (χ3v) is 4.50. The largest absolute Gasteiger partial charge is 0.346 e. The van der Waals surface area contributed by atoms with Crippen molar-refractivity contribution in [3.8, 4) is 0 Å². The molecule has 146 valence electrons. The Balaban J connectivity index is 1.88. The van der Waals surface area contributed by atoms with Crippen molar-refractivity contribution in [2.45, 2.75) is 30.7 Å². The number of hydrogen-bond donors (Lipinski definition) is 1. The van der Waals surface area contributed by atoms with E-state index in [1.165, 1.54) is 31.3 Å². The molecular formula is C21H18ClF3N2O. The number of amides is 1. The van der Waals surface area contributed by atoms with E-state index in [0.717, 1.165) is 5.56 Å². The van der Waals surface area contributed by atoms with Gasteiger partial charge in [-0.25, -0.2) is 4.39 Å². The van der Waals surface area contributed by atoms with Gasteiger partial charge in [-0.1, -0.05) is 42.5 Å². The van der Waals surface area contributed by atoms with Gasteiger partial charge in [-0.05, 0) is 42.6 Å². The standard InChI is InChI=1S/C21H18ClF3N2O/c1-20(13-21(22,24)25,11-14-6-3-2-4-7-14)27-19(28)16-10-15-8-5-9-17(23)18(15)26-12-16/h2-10,12H,11,13H2,1H3,(H,27,28). The van der Waals surface area contributed by atoms with Crippen molar-refractivity contribution in [2.75, 3.05) is 0 Å². The Morgan fingerprint density at radius 3 is 2.54 bits per heavy atom. The number of alkyl halides is 3. The molecule has 3 nitrogen and oxygen atoms in total. The van der Waals surface area contributed by atoms with E-state index in [0.29, 0.717) is 5.39 Å². The molecule has 0 bridgehead atoms. The highest BCUT2D eigenvalue weighted by Gasteiger charge is 2.39. The average molecular weight is 407 g/mol. The second-order valence-corrected chi connectivity index (χ2v) is 7.56. The lowest BCUT2D eigenvalue weighted by Crippen LogP contribution is -2.50. The second kappa shape index (κ2) is 7.80. The zero-order valence-electron chi connectivity index (χ0n) is 15.1. The van der Waals surface area contributed by atoms with Crippen LogP contribution < -0.4 is 5.32 Å². The molecule has 1 aromatic heterocycles. The van der Waals surface area contributed by atoms with Crippen LogP contribution in [-0.2, 0) is 6.42 Å². The predicted molar refractivity (Wildman–Crippen MR) is 103 cm³/mol. The first-order valence-corrected chi connectivity index (χ1v) is 9.00. The maximum atomic E-state index is 13.8. The number of halogens is 4. The zero-order valence-corrected chi connectivity index (χ0v) is 15.8. The van der Waals surface area contributed by atoms with Gasteiger partial charge in [0.2, 0.25) is 0 Å². The number of para-hydroxylation sites is 1. The molecule has 0 spiro atoms. The SMILES string of the molecule is CC(Cc1ccccc1)(CC(F)(F)Cl)NC(=O)c1cnc2c(F)cccc2c1. The number of rotatable bonds is 6. The monoisotopic (exact) mass is 406 g/mol. The van der Waals surface area contributed by atoms with Crippen LogP contribution in [0.1, 0.15) is 29.3 Å². The number of nitrogens with one attached hydrogen (secondary N) is 1. The summed E-state index contributed by atoms with van der Waals surface area (Å²) in [7, 11) is 0. The molecule has 28 heavy (non-hydrogen) atoms. The summed E-state index contributed by atoms with van der Waals surface area (Å²) < 4.78 is 40.9. The summed E-state index contributed by atoms with van der Waals surface area (Å²) in [6.07, 6.45) is 0.637. The zero-order chi connectivity index (χ0) is 20.4. The fraction of sp³-hybridized carbons (Fsp3) is 0.238. The number of aromatic nitrogens is 1. The molecule has 0 saturated heterocycles. The lowest BCUT2D eigenvalue weighted by atomic mass is 9.89. The van der Waals surface area contributed by atoms with Crippen LogP contribution in [0.5, 0.6) is 0 Å². The predicted octanol–water partition coefficient (Wildman–Crippen LogP) is 5.33. The van der Waals surface area contributed by atoms with Crippen molar-refractivity contribution in [2.24, 2.45) is 0 Å². The molecule has 3 aromatic rings. The van der Waals surface area contributed by atoms with Crippen LogP contribution in [0.15, 0.2) is 60.8 Å². The van der Waals surface area contributed by atoms with Gasteiger partial charge in [0.1, 0.15) is 11.3 Å². The fourth-order valence-corrected chi connectivity index (χ4v) is 3.53. The van der Waals surface area contributed by atoms with Crippen LogP contribution in [0.2, 0.25) is 0 Å². The minimum atomic E-state index is -3.48. The lowest BCUT2D eigenvalue weighted by molar-refractivity contribution is 0.0491. The van der Waals surface area contributed by atoms with Crippen LogP contribution in [0.3, 0.4) is 0 Å². The molecule has 7 heteroatoms. The van der Waals surface area contributed by atoms with Gasteiger partial charge in [0.05, 0.1) is 5.56 Å². The molecule has 3 rings (SSSR count). The van der Waals surface area contributed by atoms with Crippen molar-refractivity contribution < 1.29 is 18.0 Å². The third-order valence-electron chi connectivity index (χ3n) is 4.37. The van der Waals surface area contributed by atoms with E-state index in [4.69, 9.17) is 11.6 Å². The molecule has 1 atom stereocenters. The van der Waals surface area contributed by atoms with Gasteiger partial charge in [0, 0.05) is 23.5 Å². The number of nitrogens with zero attached hydrogens (tertiary/aromatic N) is 1. The molecule has 0 aliphatic rings. The van der Waals surface area contributed by atoms with E-state index >= 15 is 0 Å². The number of pyridine rings is 1. The number of benzene rings is 2. The average Bonchev–Trinajstić information content (AvgIpc) is 2.60. The second-order valence-electron chi connectivity index (χ2n) is 7.00. The molecule has 1 amide bonds. The topological polar surface area (TPSA) is 42.0 Å². The van der Waals surface area contributed by atoms with Gasteiger partial charge in [-0.3, -0.25) is 9.78 Å². The van der Waals surface area contributed by atoms with E-state index in [1.807, 2.05) is 6.07 Å². The highest BCUT2D eigenvalue weighted by molar-refractivity contribution is 6.21. The first-order valence-electron chi connectivity index (χ1n) is 8.63. The van der Waals surface area contributed by atoms with E-state index in [-0.39, 0.29) is 17.5 Å². The van der Waals surface area contributed by atoms with Crippen molar-refractivity contribution in [3.05, 3.63) is 77.7 Å². The number of carbonyl (C=O) groups excluding carboxylic acids is 1. The Hall–Kier alpha value is -2.60. The number of hydrogen-bond acceptors (Lipinski definition) is 2. The lowest BCUT2D eigenvalue weighted by Gasteiger charge is -2.32. The summed E-state index contributed by atoms with van der Waals surface area (Å²) in [5, 5.41) is -0.383. The highest BCUT2D eigenvalue weighted by atomic mass is 35.5. The quantitative estimate of drug-likeness (QED) is 0.562. The van der Waals surface area contributed by atoms with Crippen molar-refractivity contribution in [1.29, 1.82) is 0 Å². The van der Waals surface area contributed by atoms with Gasteiger partial charge >= 0.3 is 5.38 Å². The maximum absolute atomic E-state index is 13.8. The normalized spacial score (nSPS) is 13.9. The Morgan fingerprint density at radius 1 is 1.14 bits per heavy atom. The summed E-state index contributed by atoms with van der Waals surface area (Å²) in [6.45, 7) is 1.52. The molecule has 0 radical (unpaired) electrons. The van der Waals surface area contributed by atoms with Gasteiger partial charge in [-0.2, -0.15) is 8.78 Å². The van der Waals surface area contributed by atoms with Crippen LogP contribution in [0.25, 0.3) is 10.9 Å². The molecule has 0 fully saturated rings. The third kappa shape index (κ3) is 5.01. The summed E-state index contributed by atoms with van der Waals surface area (Å²) >= 11 is 5.17. The molecule has 1 heterocycles. The fourth-order valence-electron chi connectivity index (χ4n) is 3.23. The number of fused-ring (bicyclic) bond motifs is 1. The molecular weight excluding hydrogens is 389 g/mol. The van der Waals surface area contributed by atoms with Crippen LogP contribution in [0, 0.1) is 5.82 Å².